The van der Waals surface area contributed by atoms with Crippen LogP contribution in [0.3, 0.4) is 0 Å². The molecule has 0 bridgehead atoms. The van der Waals surface area contributed by atoms with Crippen molar-refractivity contribution in [3.8, 4) is 17.2 Å². The van der Waals surface area contributed by atoms with Gasteiger partial charge in [0.2, 0.25) is 0 Å². The third-order valence-electron chi connectivity index (χ3n) is 4.00. The van der Waals surface area contributed by atoms with Crippen molar-refractivity contribution in [3.63, 3.8) is 0 Å². The summed E-state index contributed by atoms with van der Waals surface area (Å²) in [7, 11) is 0. The molecule has 0 spiro atoms. The van der Waals surface area contributed by atoms with Gasteiger partial charge in [-0.15, -0.1) is 0 Å². The van der Waals surface area contributed by atoms with E-state index in [1.807, 2.05) is 57.2 Å². The van der Waals surface area contributed by atoms with Crippen LogP contribution in [0.25, 0.3) is 21.9 Å². The molecule has 0 aliphatic carbocycles. The SMILES string of the molecule is CC(C)(C)OC(=O)/C=C/Sc1ccc2ccccc2c1-c1ccc(C#N)cc1. The van der Waals surface area contributed by atoms with Gasteiger partial charge < -0.3 is 4.74 Å². The molecule has 3 rings (SSSR count). The summed E-state index contributed by atoms with van der Waals surface area (Å²) in [4.78, 5) is 13.0. The smallest absolute Gasteiger partial charge is 0.331 e. The molecule has 3 aromatic rings. The third-order valence-corrected chi connectivity index (χ3v) is 4.87. The van der Waals surface area contributed by atoms with Crippen LogP contribution in [-0.2, 0) is 9.53 Å². The number of rotatable bonds is 4. The number of carbonyl (C=O) groups is 1. The maximum atomic E-state index is 11.9. The fraction of sp³-hybridized carbons (Fsp3) is 0.167. The number of benzene rings is 3. The van der Waals surface area contributed by atoms with Gasteiger partial charge in [-0.25, -0.2) is 4.79 Å². The zero-order chi connectivity index (χ0) is 20.1. The Morgan fingerprint density at radius 2 is 1.75 bits per heavy atom. The highest BCUT2D eigenvalue weighted by Gasteiger charge is 2.14. The normalized spacial score (nSPS) is 11.5. The Hall–Kier alpha value is -3.03. The van der Waals surface area contributed by atoms with Crippen molar-refractivity contribution in [2.45, 2.75) is 31.3 Å². The number of ether oxygens (including phenoxy) is 1. The van der Waals surface area contributed by atoms with E-state index in [4.69, 9.17) is 10.00 Å². The van der Waals surface area contributed by atoms with Gasteiger partial charge in [0.05, 0.1) is 11.6 Å². The number of nitriles is 1. The average molecular weight is 388 g/mol. The van der Waals surface area contributed by atoms with Crippen LogP contribution < -0.4 is 0 Å². The van der Waals surface area contributed by atoms with Crippen LogP contribution in [0.5, 0.6) is 0 Å². The molecule has 0 aromatic heterocycles. The molecule has 0 N–H and O–H groups in total. The molecule has 0 heterocycles. The molecule has 0 atom stereocenters. The molecule has 0 aliphatic heterocycles. The summed E-state index contributed by atoms with van der Waals surface area (Å²) in [5, 5.41) is 13.1. The monoisotopic (exact) mass is 387 g/mol. The zero-order valence-electron chi connectivity index (χ0n) is 16.1. The van der Waals surface area contributed by atoms with Gasteiger partial charge in [0, 0.05) is 16.5 Å². The number of hydrogen-bond acceptors (Lipinski definition) is 4. The van der Waals surface area contributed by atoms with E-state index in [2.05, 4.69) is 30.3 Å². The van der Waals surface area contributed by atoms with Crippen molar-refractivity contribution in [1.82, 2.24) is 0 Å². The van der Waals surface area contributed by atoms with E-state index in [-0.39, 0.29) is 5.97 Å². The Morgan fingerprint density at radius 3 is 2.43 bits per heavy atom. The fourth-order valence-electron chi connectivity index (χ4n) is 2.86. The van der Waals surface area contributed by atoms with Crippen LogP contribution in [0.1, 0.15) is 26.3 Å². The molecule has 0 unspecified atom stereocenters. The Balaban J connectivity index is 1.98. The van der Waals surface area contributed by atoms with Crippen LogP contribution in [-0.4, -0.2) is 11.6 Å². The molecule has 0 amide bonds. The molecule has 0 aliphatic rings. The van der Waals surface area contributed by atoms with Crippen LogP contribution in [0.4, 0.5) is 0 Å². The molecule has 28 heavy (non-hydrogen) atoms. The lowest BCUT2D eigenvalue weighted by Crippen LogP contribution is -2.22. The lowest BCUT2D eigenvalue weighted by molar-refractivity contribution is -0.148. The van der Waals surface area contributed by atoms with E-state index in [9.17, 15) is 4.79 Å². The molecule has 0 radical (unpaired) electrons. The van der Waals surface area contributed by atoms with Crippen LogP contribution in [0, 0.1) is 11.3 Å². The molecular weight excluding hydrogens is 366 g/mol. The van der Waals surface area contributed by atoms with Crippen LogP contribution in [0.15, 0.2) is 77.0 Å². The second kappa shape index (κ2) is 8.33. The number of fused-ring (bicyclic) bond motifs is 1. The first kappa shape index (κ1) is 19.7. The van der Waals surface area contributed by atoms with E-state index in [0.717, 1.165) is 26.8 Å². The molecule has 3 aromatic carbocycles. The van der Waals surface area contributed by atoms with Gasteiger partial charge in [0.25, 0.3) is 0 Å². The summed E-state index contributed by atoms with van der Waals surface area (Å²) in [6.07, 6.45) is 1.45. The molecule has 140 valence electrons. The average Bonchev–Trinajstić information content (AvgIpc) is 2.66. The standard InChI is InChI=1S/C24H21NO2S/c1-24(2,3)27-22(26)14-15-28-21-13-12-18-6-4-5-7-20(18)23(21)19-10-8-17(16-25)9-11-19/h4-15H,1-3H3/b15-14+. The van der Waals surface area contributed by atoms with Gasteiger partial charge in [-0.2, -0.15) is 5.26 Å². The maximum absolute atomic E-state index is 11.9. The lowest BCUT2D eigenvalue weighted by atomic mass is 9.97. The van der Waals surface area contributed by atoms with Crippen LogP contribution >= 0.6 is 11.8 Å². The highest BCUT2D eigenvalue weighted by atomic mass is 32.2. The summed E-state index contributed by atoms with van der Waals surface area (Å²) >= 11 is 1.47. The van der Waals surface area contributed by atoms with E-state index < -0.39 is 5.60 Å². The van der Waals surface area contributed by atoms with Crippen LogP contribution in [0.2, 0.25) is 0 Å². The van der Waals surface area contributed by atoms with Gasteiger partial charge in [-0.05, 0) is 60.7 Å². The minimum absolute atomic E-state index is 0.360. The molecule has 0 fully saturated rings. The van der Waals surface area contributed by atoms with Gasteiger partial charge in [-0.1, -0.05) is 54.2 Å². The predicted octanol–water partition coefficient (Wildman–Crippen LogP) is 6.33. The second-order valence-corrected chi connectivity index (χ2v) is 8.25. The van der Waals surface area contributed by atoms with Gasteiger partial charge in [-0.3, -0.25) is 0 Å². The Bertz CT molecular complexity index is 1070. The first-order valence-electron chi connectivity index (χ1n) is 8.96. The van der Waals surface area contributed by atoms with Crippen molar-refractivity contribution in [2.24, 2.45) is 0 Å². The van der Waals surface area contributed by atoms with Crippen molar-refractivity contribution < 1.29 is 9.53 Å². The van der Waals surface area contributed by atoms with Crippen molar-refractivity contribution in [2.75, 3.05) is 0 Å². The largest absolute Gasteiger partial charge is 0.457 e. The van der Waals surface area contributed by atoms with Gasteiger partial charge >= 0.3 is 5.97 Å². The summed E-state index contributed by atoms with van der Waals surface area (Å²) in [5.41, 5.74) is 2.23. The molecule has 0 saturated carbocycles. The summed E-state index contributed by atoms with van der Waals surface area (Å²) < 4.78 is 5.32. The minimum Gasteiger partial charge on any atom is -0.457 e. The van der Waals surface area contributed by atoms with Gasteiger partial charge in [0.1, 0.15) is 5.60 Å². The third kappa shape index (κ3) is 4.82. The topological polar surface area (TPSA) is 50.1 Å². The highest BCUT2D eigenvalue weighted by Crippen LogP contribution is 2.38. The lowest BCUT2D eigenvalue weighted by Gasteiger charge is -2.17. The highest BCUT2D eigenvalue weighted by molar-refractivity contribution is 8.02. The zero-order valence-corrected chi connectivity index (χ0v) is 16.9. The first-order chi connectivity index (χ1) is 13.4. The summed E-state index contributed by atoms with van der Waals surface area (Å²) in [5.74, 6) is -0.360. The molecule has 0 saturated heterocycles. The fourth-order valence-corrected chi connectivity index (χ4v) is 3.68. The summed E-state index contributed by atoms with van der Waals surface area (Å²) in [6, 6.07) is 22.0. The minimum atomic E-state index is -0.511. The summed E-state index contributed by atoms with van der Waals surface area (Å²) in [6.45, 7) is 5.54. The van der Waals surface area contributed by atoms with E-state index in [1.165, 1.54) is 17.8 Å². The number of nitrogens with zero attached hydrogens (tertiary/aromatic N) is 1. The van der Waals surface area contributed by atoms with Crippen molar-refractivity contribution in [3.05, 3.63) is 77.7 Å². The maximum Gasteiger partial charge on any atom is 0.331 e. The Labute approximate surface area is 169 Å². The predicted molar refractivity (Wildman–Crippen MR) is 115 cm³/mol. The van der Waals surface area contributed by atoms with Gasteiger partial charge in [0.15, 0.2) is 0 Å². The quantitative estimate of drug-likeness (QED) is 0.298. The van der Waals surface area contributed by atoms with Crippen molar-refractivity contribution >= 4 is 28.5 Å². The Morgan fingerprint density at radius 1 is 1.04 bits per heavy atom. The molecule has 4 heteroatoms. The van der Waals surface area contributed by atoms with Crippen molar-refractivity contribution in [1.29, 1.82) is 5.26 Å². The number of hydrogen-bond donors (Lipinski definition) is 0. The number of carbonyl (C=O) groups excluding carboxylic acids is 1. The van der Waals surface area contributed by atoms with E-state index in [0.29, 0.717) is 5.56 Å². The second-order valence-electron chi connectivity index (χ2n) is 7.30. The van der Waals surface area contributed by atoms with E-state index >= 15 is 0 Å². The molecule has 3 nitrogen and oxygen atoms in total. The molecular formula is C24H21NO2S. The number of thioether (sulfide) groups is 1. The van der Waals surface area contributed by atoms with E-state index in [1.54, 1.807) is 5.41 Å². The Kier molecular flexibility index (Phi) is 5.87. The number of esters is 1. The first-order valence-corrected chi connectivity index (χ1v) is 9.84.